The highest BCUT2D eigenvalue weighted by atomic mass is 16.3. The van der Waals surface area contributed by atoms with E-state index in [0.29, 0.717) is 0 Å². The summed E-state index contributed by atoms with van der Waals surface area (Å²) in [5.74, 6) is 0.933. The van der Waals surface area contributed by atoms with Crippen molar-refractivity contribution in [3.63, 3.8) is 0 Å². The van der Waals surface area contributed by atoms with Crippen LogP contribution in [0.3, 0.4) is 0 Å². The standard InChI is InChI=1S/5C8H7NO/c1-6-8-7(2-4-9-6)3-5-10-8;1-6-5-10-8-4-9-3-2-7(6)8;1-6-4-9-5-8-7(6)2-3-10-8;1-6-4-7-2-3-10-8(7)5-9-6;1-6-4-7-2-3-9-5-8(7)10-6/h5*2-5H,1H3. The molecule has 0 unspecified atom stereocenters. The Labute approximate surface area is 287 Å². The normalized spacial score (nSPS) is 10.5. The van der Waals surface area contributed by atoms with Gasteiger partial charge in [0.1, 0.15) is 5.76 Å². The summed E-state index contributed by atoms with van der Waals surface area (Å²) in [6, 6.07) is 15.6. The first kappa shape index (κ1) is 33.4. The molecule has 0 aliphatic rings. The van der Waals surface area contributed by atoms with Crippen molar-refractivity contribution in [2.24, 2.45) is 0 Å². The Morgan fingerprint density at radius 1 is 0.480 bits per heavy atom. The number of furan rings is 5. The smallest absolute Gasteiger partial charge is 0.155 e. The van der Waals surface area contributed by atoms with Gasteiger partial charge in [0.25, 0.3) is 0 Å². The van der Waals surface area contributed by atoms with Gasteiger partial charge in [0.2, 0.25) is 0 Å². The molecular formula is C40H35N5O5. The number of pyridine rings is 5. The molecule has 0 aliphatic carbocycles. The average molecular weight is 666 g/mol. The minimum absolute atomic E-state index is 0.852. The molecule has 0 aromatic carbocycles. The van der Waals surface area contributed by atoms with Gasteiger partial charge in [-0.1, -0.05) is 0 Å². The third kappa shape index (κ3) is 8.11. The number of hydrogen-bond donors (Lipinski definition) is 0. The summed E-state index contributed by atoms with van der Waals surface area (Å²) in [4.78, 5) is 20.0. The molecule has 10 heterocycles. The summed E-state index contributed by atoms with van der Waals surface area (Å²) >= 11 is 0. The molecule has 10 aromatic rings. The van der Waals surface area contributed by atoms with Crippen molar-refractivity contribution in [2.45, 2.75) is 34.6 Å². The topological polar surface area (TPSA) is 130 Å². The van der Waals surface area contributed by atoms with Crippen LogP contribution in [0.15, 0.2) is 145 Å². The van der Waals surface area contributed by atoms with Crippen LogP contribution in [0.1, 0.15) is 28.3 Å². The Bertz CT molecular complexity index is 2470. The lowest BCUT2D eigenvalue weighted by atomic mass is 10.2. The Hall–Kier alpha value is -6.55. The Morgan fingerprint density at radius 2 is 1.14 bits per heavy atom. The van der Waals surface area contributed by atoms with Crippen molar-refractivity contribution in [3.05, 3.63) is 151 Å². The van der Waals surface area contributed by atoms with Crippen LogP contribution in [0.25, 0.3) is 54.8 Å². The highest BCUT2D eigenvalue weighted by Gasteiger charge is 2.00. The molecule has 10 rings (SSSR count). The Morgan fingerprint density at radius 3 is 1.94 bits per heavy atom. The molecule has 10 aromatic heterocycles. The van der Waals surface area contributed by atoms with Crippen molar-refractivity contribution < 1.29 is 22.1 Å². The molecule has 0 spiro atoms. The quantitative estimate of drug-likeness (QED) is 0.154. The van der Waals surface area contributed by atoms with Crippen LogP contribution in [-0.4, -0.2) is 24.9 Å². The molecule has 0 aliphatic heterocycles. The molecule has 0 N–H and O–H groups in total. The van der Waals surface area contributed by atoms with Gasteiger partial charge in [-0.05, 0) is 94.3 Å². The van der Waals surface area contributed by atoms with Gasteiger partial charge in [-0.2, -0.15) is 0 Å². The van der Waals surface area contributed by atoms with Crippen LogP contribution in [-0.2, 0) is 0 Å². The second-order valence-electron chi connectivity index (χ2n) is 11.4. The first-order valence-electron chi connectivity index (χ1n) is 15.8. The van der Waals surface area contributed by atoms with Crippen LogP contribution in [0.4, 0.5) is 0 Å². The monoisotopic (exact) mass is 665 g/mol. The zero-order chi connectivity index (χ0) is 34.9. The maximum Gasteiger partial charge on any atom is 0.155 e. The van der Waals surface area contributed by atoms with E-state index in [1.807, 2.05) is 89.3 Å². The maximum atomic E-state index is 5.31. The minimum Gasteiger partial charge on any atom is -0.463 e. The lowest BCUT2D eigenvalue weighted by Crippen LogP contribution is -1.77. The average Bonchev–Trinajstić information content (AvgIpc) is 3.97. The van der Waals surface area contributed by atoms with Crippen molar-refractivity contribution >= 4 is 54.8 Å². The molecule has 10 nitrogen and oxygen atoms in total. The molecule has 0 radical (unpaired) electrons. The van der Waals surface area contributed by atoms with Gasteiger partial charge in [0, 0.05) is 57.4 Å². The minimum atomic E-state index is 0.852. The highest BCUT2D eigenvalue weighted by molar-refractivity contribution is 5.80. The first-order valence-corrected chi connectivity index (χ1v) is 15.8. The lowest BCUT2D eigenvalue weighted by molar-refractivity contribution is 0.577. The second-order valence-corrected chi connectivity index (χ2v) is 11.4. The van der Waals surface area contributed by atoms with E-state index >= 15 is 0 Å². The van der Waals surface area contributed by atoms with Crippen LogP contribution in [0, 0.1) is 34.6 Å². The van der Waals surface area contributed by atoms with Crippen molar-refractivity contribution in [2.75, 3.05) is 0 Å². The third-order valence-electron chi connectivity index (χ3n) is 7.62. The third-order valence-corrected chi connectivity index (χ3v) is 7.62. The zero-order valence-electron chi connectivity index (χ0n) is 28.3. The van der Waals surface area contributed by atoms with Crippen LogP contribution in [0.5, 0.6) is 0 Å². The number of aromatic nitrogens is 5. The van der Waals surface area contributed by atoms with Crippen LogP contribution in [0.2, 0.25) is 0 Å². The van der Waals surface area contributed by atoms with E-state index in [1.165, 1.54) is 0 Å². The molecule has 0 fully saturated rings. The number of rotatable bonds is 0. The van der Waals surface area contributed by atoms with Gasteiger partial charge in [0.05, 0.1) is 55.5 Å². The number of fused-ring (bicyclic) bond motifs is 5. The number of nitrogens with zero attached hydrogens (tertiary/aromatic N) is 5. The summed E-state index contributed by atoms with van der Waals surface area (Å²) < 4.78 is 25.9. The van der Waals surface area contributed by atoms with Gasteiger partial charge in [-0.25, -0.2) is 0 Å². The van der Waals surface area contributed by atoms with Crippen molar-refractivity contribution in [3.8, 4) is 0 Å². The summed E-state index contributed by atoms with van der Waals surface area (Å²) in [7, 11) is 0. The van der Waals surface area contributed by atoms with Crippen molar-refractivity contribution in [1.82, 2.24) is 24.9 Å². The highest BCUT2D eigenvalue weighted by Crippen LogP contribution is 2.19. The number of aryl methyl sites for hydroxylation is 5. The molecule has 0 amide bonds. The maximum absolute atomic E-state index is 5.31. The van der Waals surface area contributed by atoms with E-state index in [1.54, 1.807) is 68.4 Å². The summed E-state index contributed by atoms with van der Waals surface area (Å²) in [6.45, 7) is 9.87. The Kier molecular flexibility index (Phi) is 10.4. The van der Waals surface area contributed by atoms with Gasteiger partial charge in [-0.15, -0.1) is 0 Å². The molecule has 0 bridgehead atoms. The zero-order valence-corrected chi connectivity index (χ0v) is 28.3. The molecule has 250 valence electrons. The Balaban J connectivity index is 0.000000108. The van der Waals surface area contributed by atoms with E-state index in [9.17, 15) is 0 Å². The summed E-state index contributed by atoms with van der Waals surface area (Å²) in [5.41, 5.74) is 8.62. The number of hydrogen-bond acceptors (Lipinski definition) is 10. The fourth-order valence-corrected chi connectivity index (χ4v) is 5.08. The predicted octanol–water partition coefficient (Wildman–Crippen LogP) is 10.7. The molecule has 0 saturated carbocycles. The summed E-state index contributed by atoms with van der Waals surface area (Å²) in [5, 5.41) is 5.65. The van der Waals surface area contributed by atoms with Gasteiger partial charge >= 0.3 is 0 Å². The van der Waals surface area contributed by atoms with E-state index in [4.69, 9.17) is 22.1 Å². The molecule has 50 heavy (non-hydrogen) atoms. The fraction of sp³-hybridized carbons (Fsp3) is 0.125. The van der Waals surface area contributed by atoms with Gasteiger partial charge in [0.15, 0.2) is 27.9 Å². The summed E-state index contributed by atoms with van der Waals surface area (Å²) in [6.07, 6.45) is 20.8. The molecular weight excluding hydrogens is 630 g/mol. The molecule has 10 heteroatoms. The predicted molar refractivity (Wildman–Crippen MR) is 194 cm³/mol. The second kappa shape index (κ2) is 15.6. The fourth-order valence-electron chi connectivity index (χ4n) is 5.08. The molecule has 0 atom stereocenters. The van der Waals surface area contributed by atoms with Gasteiger partial charge < -0.3 is 22.1 Å². The first-order chi connectivity index (χ1) is 24.4. The molecule has 0 saturated heterocycles. The largest absolute Gasteiger partial charge is 0.463 e. The van der Waals surface area contributed by atoms with Crippen LogP contribution < -0.4 is 0 Å². The van der Waals surface area contributed by atoms with E-state index < -0.39 is 0 Å². The van der Waals surface area contributed by atoms with Gasteiger partial charge in [-0.3, -0.25) is 24.9 Å². The lowest BCUT2D eigenvalue weighted by Gasteiger charge is -1.89. The SMILES string of the molecule is Cc1cc2ccncc2o1.Cc1cc2ccoc2cn1.Cc1cncc2occc12.Cc1coc2cnccc12.Cc1nccc2ccoc12. The van der Waals surface area contributed by atoms with E-state index in [-0.39, 0.29) is 0 Å². The van der Waals surface area contributed by atoms with E-state index in [0.717, 1.165) is 83.1 Å². The van der Waals surface area contributed by atoms with Crippen molar-refractivity contribution in [1.29, 1.82) is 0 Å². The van der Waals surface area contributed by atoms with E-state index in [2.05, 4.69) is 24.9 Å². The van der Waals surface area contributed by atoms with Crippen LogP contribution >= 0.6 is 0 Å².